The van der Waals surface area contributed by atoms with Crippen LogP contribution in [0.3, 0.4) is 0 Å². The Kier molecular flexibility index (Phi) is 5.50. The smallest absolute Gasteiger partial charge is 0.245 e. The monoisotopic (exact) mass is 420 g/mol. The van der Waals surface area contributed by atoms with Crippen molar-refractivity contribution in [3.8, 4) is 0 Å². The van der Waals surface area contributed by atoms with Crippen molar-refractivity contribution in [2.75, 3.05) is 26.2 Å². The second-order valence-corrected chi connectivity index (χ2v) is 9.65. The third-order valence-corrected chi connectivity index (χ3v) is 7.20. The average Bonchev–Trinajstić information content (AvgIpc) is 3.35. The van der Waals surface area contributed by atoms with Crippen molar-refractivity contribution in [2.24, 2.45) is 12.5 Å². The van der Waals surface area contributed by atoms with E-state index in [-0.39, 0.29) is 23.1 Å². The van der Waals surface area contributed by atoms with Crippen molar-refractivity contribution in [1.82, 2.24) is 19.6 Å². The van der Waals surface area contributed by atoms with Crippen molar-refractivity contribution in [1.29, 1.82) is 0 Å². The molecule has 6 heteroatoms. The summed E-state index contributed by atoms with van der Waals surface area (Å²) in [6.07, 6.45) is 6.60. The molecule has 164 valence electrons. The van der Waals surface area contributed by atoms with Gasteiger partial charge in [0, 0.05) is 45.3 Å². The van der Waals surface area contributed by atoms with E-state index in [2.05, 4.69) is 48.8 Å². The summed E-state index contributed by atoms with van der Waals surface area (Å²) in [5.74, 6) is 0.373. The van der Waals surface area contributed by atoms with Crippen LogP contribution in [0, 0.1) is 5.41 Å². The molecule has 2 fully saturated rings. The van der Waals surface area contributed by atoms with Crippen LogP contribution in [0.25, 0.3) is 0 Å². The molecule has 0 radical (unpaired) electrons. The van der Waals surface area contributed by atoms with Crippen LogP contribution in [0.1, 0.15) is 43.7 Å². The van der Waals surface area contributed by atoms with Gasteiger partial charge in [0.1, 0.15) is 0 Å². The quantitative estimate of drug-likeness (QED) is 0.714. The highest BCUT2D eigenvalue weighted by Crippen LogP contribution is 2.45. The first-order valence-electron chi connectivity index (χ1n) is 11.0. The molecule has 0 bridgehead atoms. The van der Waals surface area contributed by atoms with E-state index in [4.69, 9.17) is 0 Å². The van der Waals surface area contributed by atoms with E-state index in [1.807, 2.05) is 36.1 Å². The molecule has 1 aromatic carbocycles. The number of amides is 2. The first-order chi connectivity index (χ1) is 14.8. The molecule has 2 aliphatic rings. The Labute approximate surface area is 184 Å². The number of piperidine rings is 1. The predicted octanol–water partition coefficient (Wildman–Crippen LogP) is 3.12. The zero-order valence-corrected chi connectivity index (χ0v) is 18.8. The molecular weight excluding hydrogens is 388 g/mol. The molecular formula is C25H32N4O2. The van der Waals surface area contributed by atoms with E-state index in [0.29, 0.717) is 32.5 Å². The second kappa shape index (κ2) is 7.98. The molecule has 2 aliphatic heterocycles. The molecule has 2 amide bonds. The van der Waals surface area contributed by atoms with Crippen molar-refractivity contribution >= 4 is 11.8 Å². The van der Waals surface area contributed by atoms with Crippen LogP contribution in [0.2, 0.25) is 0 Å². The Morgan fingerprint density at radius 3 is 2.39 bits per heavy atom. The van der Waals surface area contributed by atoms with Gasteiger partial charge in [0.05, 0.1) is 11.6 Å². The number of likely N-dealkylation sites (tertiary alicyclic amines) is 2. The van der Waals surface area contributed by atoms with E-state index >= 15 is 0 Å². The molecule has 0 N–H and O–H groups in total. The third kappa shape index (κ3) is 3.80. The van der Waals surface area contributed by atoms with Gasteiger partial charge in [-0.25, -0.2) is 0 Å². The van der Waals surface area contributed by atoms with Gasteiger partial charge in [0.15, 0.2) is 0 Å². The minimum absolute atomic E-state index is 0.0317. The topological polar surface area (TPSA) is 58.4 Å². The summed E-state index contributed by atoms with van der Waals surface area (Å²) in [7, 11) is 1.93. The minimum Gasteiger partial charge on any atom is -0.341 e. The summed E-state index contributed by atoms with van der Waals surface area (Å²) in [5.41, 5.74) is 1.60. The molecule has 0 saturated carbocycles. The zero-order chi connectivity index (χ0) is 22.2. The van der Waals surface area contributed by atoms with E-state index < -0.39 is 5.41 Å². The van der Waals surface area contributed by atoms with Gasteiger partial charge in [0.25, 0.3) is 0 Å². The molecule has 2 aromatic rings. The lowest BCUT2D eigenvalue weighted by atomic mass is 9.71. The van der Waals surface area contributed by atoms with Crippen molar-refractivity contribution in [3.63, 3.8) is 0 Å². The maximum absolute atomic E-state index is 14.1. The molecule has 1 unspecified atom stereocenters. The largest absolute Gasteiger partial charge is 0.341 e. The second-order valence-electron chi connectivity index (χ2n) is 9.65. The summed E-state index contributed by atoms with van der Waals surface area (Å²) in [5, 5.41) is 4.35. The fourth-order valence-corrected chi connectivity index (χ4v) is 5.39. The highest BCUT2D eigenvalue weighted by atomic mass is 16.2. The van der Waals surface area contributed by atoms with E-state index in [1.54, 1.807) is 4.90 Å². The molecule has 31 heavy (non-hydrogen) atoms. The first-order valence-corrected chi connectivity index (χ1v) is 11.0. The minimum atomic E-state index is -0.598. The number of aromatic nitrogens is 2. The summed E-state index contributed by atoms with van der Waals surface area (Å²) in [6, 6.07) is 10.1. The van der Waals surface area contributed by atoms with E-state index in [0.717, 1.165) is 12.1 Å². The van der Waals surface area contributed by atoms with Gasteiger partial charge >= 0.3 is 0 Å². The average molecular weight is 421 g/mol. The van der Waals surface area contributed by atoms with Crippen molar-refractivity contribution in [3.05, 3.63) is 66.5 Å². The first kappa shape index (κ1) is 21.3. The van der Waals surface area contributed by atoms with Gasteiger partial charge < -0.3 is 9.80 Å². The summed E-state index contributed by atoms with van der Waals surface area (Å²) in [4.78, 5) is 30.1. The molecule has 1 atom stereocenters. The van der Waals surface area contributed by atoms with Crippen LogP contribution in [-0.4, -0.2) is 57.6 Å². The van der Waals surface area contributed by atoms with Crippen LogP contribution in [0.4, 0.5) is 0 Å². The number of hydrogen-bond donors (Lipinski definition) is 0. The number of carbonyl (C=O) groups excluding carboxylic acids is 2. The maximum Gasteiger partial charge on any atom is 0.245 e. The Balaban J connectivity index is 1.63. The molecule has 0 aliphatic carbocycles. The lowest BCUT2D eigenvalue weighted by Gasteiger charge is -2.43. The Hall–Kier alpha value is -2.89. The van der Waals surface area contributed by atoms with Crippen LogP contribution in [0.5, 0.6) is 0 Å². The SMILES string of the molecule is C=CC(=O)N1CCC(C(=O)N2CC(c3cnn(C)c3)C(C)(C)C2)(c2ccccc2)CC1. The standard InChI is InChI=1S/C25H32N4O2/c1-5-22(30)28-13-11-25(12-14-28,20-9-7-6-8-10-20)23(31)29-17-21(24(2,3)18-29)19-15-26-27(4)16-19/h5-10,15-16,21H,1,11-14,17-18H2,2-4H3. The van der Waals surface area contributed by atoms with Gasteiger partial charge in [-0.3, -0.25) is 14.3 Å². The molecule has 2 saturated heterocycles. The van der Waals surface area contributed by atoms with E-state index in [1.165, 1.54) is 11.6 Å². The van der Waals surface area contributed by atoms with Crippen LogP contribution < -0.4 is 0 Å². The van der Waals surface area contributed by atoms with Gasteiger partial charge in [-0.1, -0.05) is 50.8 Å². The number of rotatable bonds is 4. The summed E-state index contributed by atoms with van der Waals surface area (Å²) < 4.78 is 1.83. The highest BCUT2D eigenvalue weighted by Gasteiger charge is 2.50. The van der Waals surface area contributed by atoms with E-state index in [9.17, 15) is 9.59 Å². The lowest BCUT2D eigenvalue weighted by molar-refractivity contribution is -0.141. The van der Waals surface area contributed by atoms with Crippen LogP contribution in [-0.2, 0) is 22.1 Å². The Morgan fingerprint density at radius 2 is 1.81 bits per heavy atom. The van der Waals surface area contributed by atoms with Gasteiger partial charge in [-0.15, -0.1) is 0 Å². The number of nitrogens with zero attached hydrogens (tertiary/aromatic N) is 4. The highest BCUT2D eigenvalue weighted by molar-refractivity contribution is 5.90. The number of aryl methyl sites for hydroxylation is 1. The van der Waals surface area contributed by atoms with Crippen molar-refractivity contribution in [2.45, 2.75) is 38.0 Å². The molecule has 4 rings (SSSR count). The molecule has 0 spiro atoms. The fraction of sp³-hybridized carbons (Fsp3) is 0.480. The third-order valence-electron chi connectivity index (χ3n) is 7.20. The normalized spacial score (nSPS) is 22.4. The molecule has 3 heterocycles. The summed E-state index contributed by atoms with van der Waals surface area (Å²) in [6.45, 7) is 10.6. The number of carbonyl (C=O) groups is 2. The van der Waals surface area contributed by atoms with Crippen LogP contribution >= 0.6 is 0 Å². The Bertz CT molecular complexity index is 970. The van der Waals surface area contributed by atoms with Crippen molar-refractivity contribution < 1.29 is 9.59 Å². The number of benzene rings is 1. The predicted molar refractivity (Wildman–Crippen MR) is 120 cm³/mol. The molecule has 6 nitrogen and oxygen atoms in total. The van der Waals surface area contributed by atoms with Gasteiger partial charge in [-0.05, 0) is 35.5 Å². The lowest BCUT2D eigenvalue weighted by Crippen LogP contribution is -2.53. The van der Waals surface area contributed by atoms with Crippen LogP contribution in [0.15, 0.2) is 55.4 Å². The van der Waals surface area contributed by atoms with Gasteiger partial charge in [0.2, 0.25) is 11.8 Å². The molecule has 1 aromatic heterocycles. The fourth-order valence-electron chi connectivity index (χ4n) is 5.39. The number of hydrogen-bond acceptors (Lipinski definition) is 3. The Morgan fingerprint density at radius 1 is 1.13 bits per heavy atom. The maximum atomic E-state index is 14.1. The zero-order valence-electron chi connectivity index (χ0n) is 18.8. The summed E-state index contributed by atoms with van der Waals surface area (Å²) >= 11 is 0. The van der Waals surface area contributed by atoms with Gasteiger partial charge in [-0.2, -0.15) is 5.10 Å².